The minimum atomic E-state index is -0.634. The number of aliphatic imine (C=N–C) groups is 1. The molecule has 0 amide bonds. The van der Waals surface area contributed by atoms with Crippen molar-refractivity contribution < 1.29 is 10.2 Å². The molecule has 0 radical (unpaired) electrons. The van der Waals surface area contributed by atoms with E-state index in [2.05, 4.69) is 4.99 Å². The summed E-state index contributed by atoms with van der Waals surface area (Å²) < 4.78 is 1.86. The van der Waals surface area contributed by atoms with Crippen LogP contribution in [0.1, 0.15) is 11.1 Å². The first kappa shape index (κ1) is 16.7. The minimum absolute atomic E-state index is 0.0823. The van der Waals surface area contributed by atoms with E-state index in [1.807, 2.05) is 30.3 Å². The van der Waals surface area contributed by atoms with Gasteiger partial charge in [0.2, 0.25) is 5.88 Å². The number of aliphatic hydroxyl groups is 1. The van der Waals surface area contributed by atoms with Crippen molar-refractivity contribution in [2.45, 2.75) is 12.5 Å². The normalized spacial score (nSPS) is 12.7. The van der Waals surface area contributed by atoms with Gasteiger partial charge in [0.25, 0.3) is 5.56 Å². The predicted molar refractivity (Wildman–Crippen MR) is 87.2 cm³/mol. The van der Waals surface area contributed by atoms with Gasteiger partial charge in [-0.15, -0.1) is 0 Å². The Labute approximate surface area is 132 Å². The summed E-state index contributed by atoms with van der Waals surface area (Å²) >= 11 is 0. The van der Waals surface area contributed by atoms with Crippen molar-refractivity contribution in [1.82, 2.24) is 9.13 Å². The van der Waals surface area contributed by atoms with Gasteiger partial charge in [-0.3, -0.25) is 18.9 Å². The lowest BCUT2D eigenvalue weighted by Gasteiger charge is -2.10. The summed E-state index contributed by atoms with van der Waals surface area (Å²) in [5.41, 5.74) is -0.333. The quantitative estimate of drug-likeness (QED) is 0.747. The van der Waals surface area contributed by atoms with Crippen LogP contribution in [0.3, 0.4) is 0 Å². The summed E-state index contributed by atoms with van der Waals surface area (Å²) in [4.78, 5) is 27.9. The minimum Gasteiger partial charge on any atom is -0.494 e. The van der Waals surface area contributed by atoms with Crippen LogP contribution < -0.4 is 11.2 Å². The maximum absolute atomic E-state index is 12.1. The smallest absolute Gasteiger partial charge is 0.333 e. The van der Waals surface area contributed by atoms with Gasteiger partial charge < -0.3 is 10.2 Å². The summed E-state index contributed by atoms with van der Waals surface area (Å²) in [6.07, 6.45) is 1.71. The Bertz CT molecular complexity index is 822. The molecule has 0 unspecified atom stereocenters. The van der Waals surface area contributed by atoms with Crippen molar-refractivity contribution in [1.29, 1.82) is 0 Å². The molecule has 1 atom stereocenters. The molecule has 0 aliphatic rings. The molecule has 0 aliphatic heterocycles. The van der Waals surface area contributed by atoms with Crippen molar-refractivity contribution >= 4 is 6.21 Å². The molecular weight excluding hydrogens is 298 g/mol. The largest absolute Gasteiger partial charge is 0.494 e. The molecule has 1 aromatic carbocycles. The van der Waals surface area contributed by atoms with E-state index in [-0.39, 0.29) is 12.2 Å². The molecule has 1 heterocycles. The fraction of sp³-hybridized carbons (Fsp3) is 0.312. The van der Waals surface area contributed by atoms with Gasteiger partial charge in [0.1, 0.15) is 5.56 Å². The Hall–Kier alpha value is -2.67. The molecule has 0 spiro atoms. The zero-order valence-electron chi connectivity index (χ0n) is 13.0. The Balaban J connectivity index is 2.32. The van der Waals surface area contributed by atoms with E-state index in [0.29, 0.717) is 6.42 Å². The van der Waals surface area contributed by atoms with E-state index >= 15 is 0 Å². The van der Waals surface area contributed by atoms with Crippen LogP contribution in [0.5, 0.6) is 5.88 Å². The number of hydrogen-bond donors (Lipinski definition) is 2. The highest BCUT2D eigenvalue weighted by Crippen LogP contribution is 2.09. The molecule has 23 heavy (non-hydrogen) atoms. The van der Waals surface area contributed by atoms with Gasteiger partial charge in [-0.2, -0.15) is 0 Å². The third-order valence-corrected chi connectivity index (χ3v) is 3.61. The van der Waals surface area contributed by atoms with Crippen LogP contribution in [0, 0.1) is 0 Å². The molecule has 7 heteroatoms. The number of aromatic hydroxyl groups is 1. The van der Waals surface area contributed by atoms with Crippen LogP contribution in [0.15, 0.2) is 44.9 Å². The number of aromatic nitrogens is 2. The van der Waals surface area contributed by atoms with E-state index < -0.39 is 23.2 Å². The molecule has 0 fully saturated rings. The first-order valence-corrected chi connectivity index (χ1v) is 7.12. The second kappa shape index (κ2) is 7.06. The molecule has 2 aromatic rings. The maximum atomic E-state index is 12.1. The second-order valence-electron chi connectivity index (χ2n) is 5.25. The second-order valence-corrected chi connectivity index (χ2v) is 5.25. The highest BCUT2D eigenvalue weighted by Gasteiger charge is 2.14. The lowest BCUT2D eigenvalue weighted by molar-refractivity contribution is 0.266. The van der Waals surface area contributed by atoms with Crippen LogP contribution in [0.2, 0.25) is 0 Å². The Morgan fingerprint density at radius 1 is 1.17 bits per heavy atom. The van der Waals surface area contributed by atoms with Gasteiger partial charge in [-0.1, -0.05) is 30.3 Å². The highest BCUT2D eigenvalue weighted by atomic mass is 16.3. The van der Waals surface area contributed by atoms with Crippen LogP contribution in [-0.4, -0.2) is 38.2 Å². The SMILES string of the molecule is Cn1c(O)c(C=N[C@H](CO)Cc2ccccc2)c(=O)n(C)c1=O. The Kier molecular flexibility index (Phi) is 5.13. The summed E-state index contributed by atoms with van der Waals surface area (Å²) in [6, 6.07) is 9.07. The topological polar surface area (TPSA) is 96.8 Å². The summed E-state index contributed by atoms with van der Waals surface area (Å²) in [6.45, 7) is -0.196. The lowest BCUT2D eigenvalue weighted by atomic mass is 10.1. The van der Waals surface area contributed by atoms with Crippen LogP contribution >= 0.6 is 0 Å². The molecule has 2 N–H and O–H groups in total. The number of rotatable bonds is 5. The first-order valence-electron chi connectivity index (χ1n) is 7.12. The molecule has 0 saturated heterocycles. The standard InChI is InChI=1S/C16H19N3O4/c1-18-14(21)13(15(22)19(2)16(18)23)9-17-12(10-20)8-11-6-4-3-5-7-11/h3-7,9,12,20-21H,8,10H2,1-2H3/t12-/m0/s1. The zero-order valence-corrected chi connectivity index (χ0v) is 13.0. The number of benzene rings is 1. The van der Waals surface area contributed by atoms with E-state index in [4.69, 9.17) is 0 Å². The summed E-state index contributed by atoms with van der Waals surface area (Å²) in [7, 11) is 2.69. The monoisotopic (exact) mass is 317 g/mol. The fourth-order valence-electron chi connectivity index (χ4n) is 2.20. The predicted octanol–water partition coefficient (Wildman–Crippen LogP) is -0.188. The highest BCUT2D eigenvalue weighted by molar-refractivity contribution is 5.82. The van der Waals surface area contributed by atoms with Gasteiger partial charge in [0.05, 0.1) is 12.6 Å². The van der Waals surface area contributed by atoms with Gasteiger partial charge in [-0.25, -0.2) is 4.79 Å². The molecular formula is C16H19N3O4. The molecule has 122 valence electrons. The average molecular weight is 317 g/mol. The van der Waals surface area contributed by atoms with Crippen molar-refractivity contribution in [2.24, 2.45) is 19.1 Å². The third kappa shape index (κ3) is 3.57. The van der Waals surface area contributed by atoms with Crippen LogP contribution in [0.4, 0.5) is 0 Å². The van der Waals surface area contributed by atoms with E-state index in [1.54, 1.807) is 0 Å². The molecule has 0 bridgehead atoms. The zero-order chi connectivity index (χ0) is 17.0. The third-order valence-electron chi connectivity index (χ3n) is 3.61. The molecule has 0 saturated carbocycles. The van der Waals surface area contributed by atoms with Crippen LogP contribution in [0.25, 0.3) is 0 Å². The lowest BCUT2D eigenvalue weighted by Crippen LogP contribution is -2.38. The summed E-state index contributed by atoms with van der Waals surface area (Å²) in [5, 5.41) is 19.4. The summed E-state index contributed by atoms with van der Waals surface area (Å²) in [5.74, 6) is -0.446. The van der Waals surface area contributed by atoms with E-state index in [0.717, 1.165) is 14.7 Å². The number of hydrogen-bond acceptors (Lipinski definition) is 5. The van der Waals surface area contributed by atoms with Gasteiger partial charge in [-0.05, 0) is 12.0 Å². The van der Waals surface area contributed by atoms with Gasteiger partial charge in [0, 0.05) is 20.3 Å². The first-order chi connectivity index (χ1) is 11.0. The average Bonchev–Trinajstić information content (AvgIpc) is 2.58. The fourth-order valence-corrected chi connectivity index (χ4v) is 2.20. The van der Waals surface area contributed by atoms with Crippen LogP contribution in [-0.2, 0) is 20.5 Å². The molecule has 0 aliphatic carbocycles. The van der Waals surface area contributed by atoms with Crippen molar-refractivity contribution in [3.05, 3.63) is 62.3 Å². The van der Waals surface area contributed by atoms with Gasteiger partial charge in [0.15, 0.2) is 0 Å². The van der Waals surface area contributed by atoms with E-state index in [1.165, 1.54) is 20.3 Å². The van der Waals surface area contributed by atoms with Crippen molar-refractivity contribution in [3.8, 4) is 5.88 Å². The van der Waals surface area contributed by atoms with Gasteiger partial charge >= 0.3 is 5.69 Å². The number of aliphatic hydroxyl groups excluding tert-OH is 1. The molecule has 1 aromatic heterocycles. The Morgan fingerprint density at radius 3 is 2.43 bits per heavy atom. The molecule has 2 rings (SSSR count). The maximum Gasteiger partial charge on any atom is 0.333 e. The van der Waals surface area contributed by atoms with E-state index in [9.17, 15) is 19.8 Å². The van der Waals surface area contributed by atoms with Crippen molar-refractivity contribution in [2.75, 3.05) is 6.61 Å². The molecule has 7 nitrogen and oxygen atoms in total. The van der Waals surface area contributed by atoms with Crippen molar-refractivity contribution in [3.63, 3.8) is 0 Å². The number of nitrogens with zero attached hydrogens (tertiary/aromatic N) is 3. The Morgan fingerprint density at radius 2 is 1.83 bits per heavy atom.